The Morgan fingerprint density at radius 3 is 2.29 bits per heavy atom. The first-order valence-corrected chi connectivity index (χ1v) is 5.38. The van der Waals surface area contributed by atoms with Gasteiger partial charge in [-0.2, -0.15) is 0 Å². The van der Waals surface area contributed by atoms with E-state index in [-0.39, 0.29) is 5.97 Å². The number of hydrogen-bond acceptors (Lipinski definition) is 3. The van der Waals surface area contributed by atoms with E-state index in [1.54, 1.807) is 0 Å². The zero-order chi connectivity index (χ0) is 10.8. The van der Waals surface area contributed by atoms with E-state index in [0.29, 0.717) is 5.92 Å². The molecule has 0 heterocycles. The fourth-order valence-electron chi connectivity index (χ4n) is 1.88. The van der Waals surface area contributed by atoms with Gasteiger partial charge in [0.25, 0.3) is 0 Å². The Balaban J connectivity index is 2.43. The highest BCUT2D eigenvalue weighted by Crippen LogP contribution is 2.27. The fraction of sp³-hybridized carbons (Fsp3) is 0.909. The molecule has 0 aromatic carbocycles. The highest BCUT2D eigenvalue weighted by atomic mass is 16.6. The van der Waals surface area contributed by atoms with E-state index >= 15 is 0 Å². The standard InChI is InChI=1S/C11H21NO2/c1-11(2,3)14-10(13)9(12)8-6-4-5-7-8/h8-9H,4-7,12H2,1-3H3. The second kappa shape index (κ2) is 4.30. The van der Waals surface area contributed by atoms with Crippen molar-refractivity contribution >= 4 is 5.97 Å². The van der Waals surface area contributed by atoms with Crippen molar-refractivity contribution in [3.8, 4) is 0 Å². The Morgan fingerprint density at radius 1 is 1.36 bits per heavy atom. The summed E-state index contributed by atoms with van der Waals surface area (Å²) in [4.78, 5) is 11.6. The van der Waals surface area contributed by atoms with Crippen molar-refractivity contribution in [3.63, 3.8) is 0 Å². The summed E-state index contributed by atoms with van der Waals surface area (Å²) in [6, 6.07) is -0.420. The normalized spacial score (nSPS) is 20.9. The lowest BCUT2D eigenvalue weighted by Gasteiger charge is -2.24. The molecule has 1 fully saturated rings. The summed E-state index contributed by atoms with van der Waals surface area (Å²) < 4.78 is 5.25. The number of nitrogens with two attached hydrogens (primary N) is 1. The van der Waals surface area contributed by atoms with Gasteiger partial charge in [0.05, 0.1) is 0 Å². The van der Waals surface area contributed by atoms with E-state index < -0.39 is 11.6 Å². The Hall–Kier alpha value is -0.570. The van der Waals surface area contributed by atoms with E-state index in [1.165, 1.54) is 12.8 Å². The predicted molar refractivity (Wildman–Crippen MR) is 55.8 cm³/mol. The molecule has 14 heavy (non-hydrogen) atoms. The average molecular weight is 199 g/mol. The summed E-state index contributed by atoms with van der Waals surface area (Å²) in [5, 5.41) is 0. The van der Waals surface area contributed by atoms with Crippen molar-refractivity contribution < 1.29 is 9.53 Å². The van der Waals surface area contributed by atoms with Crippen molar-refractivity contribution in [2.75, 3.05) is 0 Å². The van der Waals surface area contributed by atoms with E-state index in [2.05, 4.69) is 0 Å². The molecule has 0 saturated heterocycles. The van der Waals surface area contributed by atoms with E-state index in [0.717, 1.165) is 12.8 Å². The topological polar surface area (TPSA) is 52.3 Å². The molecular weight excluding hydrogens is 178 g/mol. The van der Waals surface area contributed by atoms with Gasteiger partial charge in [0.15, 0.2) is 0 Å². The molecule has 3 nitrogen and oxygen atoms in total. The molecule has 0 aromatic heterocycles. The number of rotatable bonds is 2. The Bertz CT molecular complexity index is 202. The number of carbonyl (C=O) groups is 1. The maximum Gasteiger partial charge on any atom is 0.323 e. The lowest BCUT2D eigenvalue weighted by atomic mass is 9.99. The zero-order valence-corrected chi connectivity index (χ0v) is 9.38. The zero-order valence-electron chi connectivity index (χ0n) is 9.38. The van der Waals surface area contributed by atoms with Crippen LogP contribution < -0.4 is 5.73 Å². The molecule has 2 N–H and O–H groups in total. The average Bonchev–Trinajstić information content (AvgIpc) is 2.51. The Kier molecular flexibility index (Phi) is 3.53. The molecule has 1 atom stereocenters. The first-order valence-electron chi connectivity index (χ1n) is 5.38. The van der Waals surface area contributed by atoms with Gasteiger partial charge in [-0.25, -0.2) is 0 Å². The maximum absolute atomic E-state index is 11.6. The number of esters is 1. The lowest BCUT2D eigenvalue weighted by molar-refractivity contribution is -0.157. The van der Waals surface area contributed by atoms with Crippen LogP contribution in [0.2, 0.25) is 0 Å². The Morgan fingerprint density at radius 2 is 1.86 bits per heavy atom. The highest BCUT2D eigenvalue weighted by molar-refractivity contribution is 5.76. The van der Waals surface area contributed by atoms with Crippen molar-refractivity contribution in [2.45, 2.75) is 58.1 Å². The second-order valence-corrected chi connectivity index (χ2v) is 5.10. The van der Waals surface area contributed by atoms with Crippen LogP contribution in [0, 0.1) is 5.92 Å². The van der Waals surface area contributed by atoms with Crippen molar-refractivity contribution in [1.82, 2.24) is 0 Å². The lowest BCUT2D eigenvalue weighted by Crippen LogP contribution is -2.41. The minimum Gasteiger partial charge on any atom is -0.459 e. The van der Waals surface area contributed by atoms with Crippen LogP contribution in [0.5, 0.6) is 0 Å². The number of ether oxygens (including phenoxy) is 1. The van der Waals surface area contributed by atoms with E-state index in [4.69, 9.17) is 10.5 Å². The molecule has 0 aromatic rings. The van der Waals surface area contributed by atoms with Crippen LogP contribution in [0.15, 0.2) is 0 Å². The molecule has 3 heteroatoms. The van der Waals surface area contributed by atoms with Gasteiger partial charge < -0.3 is 10.5 Å². The van der Waals surface area contributed by atoms with Gasteiger partial charge in [-0.15, -0.1) is 0 Å². The molecule has 1 unspecified atom stereocenters. The van der Waals surface area contributed by atoms with Crippen LogP contribution in [0.1, 0.15) is 46.5 Å². The van der Waals surface area contributed by atoms with Crippen LogP contribution >= 0.6 is 0 Å². The highest BCUT2D eigenvalue weighted by Gasteiger charge is 2.30. The Labute approximate surface area is 86.0 Å². The quantitative estimate of drug-likeness (QED) is 0.690. The fourth-order valence-corrected chi connectivity index (χ4v) is 1.88. The molecule has 1 saturated carbocycles. The predicted octanol–water partition coefficient (Wildman–Crippen LogP) is 1.85. The van der Waals surface area contributed by atoms with E-state index in [1.807, 2.05) is 20.8 Å². The second-order valence-electron chi connectivity index (χ2n) is 5.10. The third kappa shape index (κ3) is 3.29. The third-order valence-electron chi connectivity index (χ3n) is 2.59. The van der Waals surface area contributed by atoms with Crippen molar-refractivity contribution in [3.05, 3.63) is 0 Å². The molecule has 0 bridgehead atoms. The number of carbonyl (C=O) groups excluding carboxylic acids is 1. The summed E-state index contributed by atoms with van der Waals surface area (Å²) >= 11 is 0. The molecule has 1 aliphatic rings. The molecule has 1 aliphatic carbocycles. The molecule has 0 amide bonds. The molecule has 0 aliphatic heterocycles. The third-order valence-corrected chi connectivity index (χ3v) is 2.59. The minimum absolute atomic E-state index is 0.246. The van der Waals surface area contributed by atoms with Crippen LogP contribution in [0.4, 0.5) is 0 Å². The smallest absolute Gasteiger partial charge is 0.323 e. The van der Waals surface area contributed by atoms with Crippen molar-refractivity contribution in [1.29, 1.82) is 0 Å². The van der Waals surface area contributed by atoms with Crippen LogP contribution in [-0.4, -0.2) is 17.6 Å². The summed E-state index contributed by atoms with van der Waals surface area (Å²) in [6.07, 6.45) is 4.53. The first-order chi connectivity index (χ1) is 6.40. The van der Waals surface area contributed by atoms with Gasteiger partial charge in [-0.3, -0.25) is 4.79 Å². The summed E-state index contributed by atoms with van der Waals surface area (Å²) in [5.41, 5.74) is 5.43. The van der Waals surface area contributed by atoms with Gasteiger partial charge in [0, 0.05) is 0 Å². The SMILES string of the molecule is CC(C)(C)OC(=O)C(N)C1CCCC1. The van der Waals surface area contributed by atoms with Gasteiger partial charge in [-0.05, 0) is 39.5 Å². The summed E-state index contributed by atoms with van der Waals surface area (Å²) in [5.74, 6) is 0.0919. The molecule has 0 radical (unpaired) electrons. The molecule has 1 rings (SSSR count). The molecule has 82 valence electrons. The minimum atomic E-state index is -0.423. The van der Waals surface area contributed by atoms with Crippen LogP contribution in [0.3, 0.4) is 0 Å². The van der Waals surface area contributed by atoms with Crippen LogP contribution in [0.25, 0.3) is 0 Å². The summed E-state index contributed by atoms with van der Waals surface area (Å²) in [6.45, 7) is 5.60. The molecular formula is C11H21NO2. The first kappa shape index (κ1) is 11.5. The summed E-state index contributed by atoms with van der Waals surface area (Å²) in [7, 11) is 0. The van der Waals surface area contributed by atoms with Gasteiger partial charge >= 0.3 is 5.97 Å². The van der Waals surface area contributed by atoms with Crippen molar-refractivity contribution in [2.24, 2.45) is 11.7 Å². The monoisotopic (exact) mass is 199 g/mol. The van der Waals surface area contributed by atoms with Crippen LogP contribution in [-0.2, 0) is 9.53 Å². The molecule has 0 spiro atoms. The van der Waals surface area contributed by atoms with E-state index in [9.17, 15) is 4.79 Å². The van der Waals surface area contributed by atoms with Gasteiger partial charge in [0.2, 0.25) is 0 Å². The number of hydrogen-bond donors (Lipinski definition) is 1. The van der Waals surface area contributed by atoms with Gasteiger partial charge in [-0.1, -0.05) is 12.8 Å². The maximum atomic E-state index is 11.6. The van der Waals surface area contributed by atoms with Gasteiger partial charge in [0.1, 0.15) is 11.6 Å². The largest absolute Gasteiger partial charge is 0.459 e.